The SMILES string of the molecule is Cc1ccc(-n2c(C)nnc2SCC(=O)N2CCN(C(=O)c3ccccc3)C(C)C2)cc1. The Bertz CT molecular complexity index is 1100. The Balaban J connectivity index is 1.37. The molecule has 2 aromatic carbocycles. The lowest BCUT2D eigenvalue weighted by Gasteiger charge is -2.40. The summed E-state index contributed by atoms with van der Waals surface area (Å²) < 4.78 is 1.97. The van der Waals surface area contributed by atoms with E-state index >= 15 is 0 Å². The van der Waals surface area contributed by atoms with Crippen molar-refractivity contribution in [2.45, 2.75) is 32.0 Å². The zero-order valence-corrected chi connectivity index (χ0v) is 19.4. The van der Waals surface area contributed by atoms with Crippen molar-refractivity contribution in [3.63, 3.8) is 0 Å². The predicted octanol–water partition coefficient (Wildman–Crippen LogP) is 3.35. The second kappa shape index (κ2) is 9.56. The molecule has 0 N–H and O–H groups in total. The second-order valence-corrected chi connectivity index (χ2v) is 8.99. The van der Waals surface area contributed by atoms with Gasteiger partial charge in [-0.15, -0.1) is 10.2 Å². The van der Waals surface area contributed by atoms with Crippen molar-refractivity contribution in [1.29, 1.82) is 0 Å². The van der Waals surface area contributed by atoms with Gasteiger partial charge in [-0.05, 0) is 45.0 Å². The van der Waals surface area contributed by atoms with Gasteiger partial charge >= 0.3 is 0 Å². The zero-order valence-electron chi connectivity index (χ0n) is 18.6. The molecule has 1 fully saturated rings. The molecule has 1 unspecified atom stereocenters. The maximum Gasteiger partial charge on any atom is 0.254 e. The summed E-state index contributed by atoms with van der Waals surface area (Å²) in [6, 6.07) is 17.4. The van der Waals surface area contributed by atoms with Gasteiger partial charge in [-0.2, -0.15) is 0 Å². The van der Waals surface area contributed by atoms with Crippen LogP contribution in [-0.2, 0) is 4.79 Å². The number of carbonyl (C=O) groups excluding carboxylic acids is 2. The first kappa shape index (κ1) is 22.1. The number of rotatable bonds is 5. The summed E-state index contributed by atoms with van der Waals surface area (Å²) in [7, 11) is 0. The summed E-state index contributed by atoms with van der Waals surface area (Å²) in [6.07, 6.45) is 0. The number of aryl methyl sites for hydroxylation is 2. The smallest absolute Gasteiger partial charge is 0.254 e. The number of amides is 2. The van der Waals surface area contributed by atoms with E-state index in [1.54, 1.807) is 0 Å². The van der Waals surface area contributed by atoms with Crippen LogP contribution in [0.3, 0.4) is 0 Å². The van der Waals surface area contributed by atoms with Gasteiger partial charge in [0.25, 0.3) is 5.91 Å². The van der Waals surface area contributed by atoms with Gasteiger partial charge in [0.1, 0.15) is 5.82 Å². The quantitative estimate of drug-likeness (QED) is 0.559. The molecule has 0 radical (unpaired) electrons. The van der Waals surface area contributed by atoms with E-state index in [1.165, 1.54) is 17.3 Å². The van der Waals surface area contributed by atoms with E-state index in [4.69, 9.17) is 0 Å². The summed E-state index contributed by atoms with van der Waals surface area (Å²) in [4.78, 5) is 29.4. The van der Waals surface area contributed by atoms with Crippen LogP contribution in [-0.4, -0.2) is 67.8 Å². The van der Waals surface area contributed by atoms with Gasteiger partial charge in [0, 0.05) is 36.9 Å². The molecule has 0 bridgehead atoms. The molecule has 3 aromatic rings. The lowest BCUT2D eigenvalue weighted by Crippen LogP contribution is -2.55. The molecule has 0 spiro atoms. The molecule has 0 aliphatic carbocycles. The molecule has 1 atom stereocenters. The number of hydrogen-bond acceptors (Lipinski definition) is 5. The molecule has 1 saturated heterocycles. The van der Waals surface area contributed by atoms with Gasteiger partial charge < -0.3 is 9.80 Å². The number of piperazine rings is 1. The first-order chi connectivity index (χ1) is 15.4. The standard InChI is InChI=1S/C24H27N5O2S/c1-17-9-11-21(12-10-17)29-19(3)25-26-24(29)32-16-22(30)27-13-14-28(18(2)15-27)23(31)20-7-5-4-6-8-20/h4-12,18H,13-16H2,1-3H3. The molecule has 1 aromatic heterocycles. The Hall–Kier alpha value is -3.13. The Morgan fingerprint density at radius 1 is 1.00 bits per heavy atom. The Morgan fingerprint density at radius 3 is 2.41 bits per heavy atom. The molecule has 4 rings (SSSR count). The van der Waals surface area contributed by atoms with Gasteiger partial charge in [-0.25, -0.2) is 0 Å². The fraction of sp³-hybridized carbons (Fsp3) is 0.333. The van der Waals surface area contributed by atoms with Crippen LogP contribution in [0.15, 0.2) is 59.8 Å². The summed E-state index contributed by atoms with van der Waals surface area (Å²) >= 11 is 1.39. The number of benzene rings is 2. The van der Waals surface area contributed by atoms with Crippen LogP contribution in [0.4, 0.5) is 0 Å². The van der Waals surface area contributed by atoms with E-state index in [2.05, 4.69) is 10.2 Å². The highest BCUT2D eigenvalue weighted by atomic mass is 32.2. The molecule has 32 heavy (non-hydrogen) atoms. The maximum absolute atomic E-state index is 12.9. The van der Waals surface area contributed by atoms with Crippen molar-refractivity contribution in [3.8, 4) is 5.69 Å². The lowest BCUT2D eigenvalue weighted by atomic mass is 10.1. The van der Waals surface area contributed by atoms with Gasteiger partial charge in [-0.3, -0.25) is 14.2 Å². The normalized spacial score (nSPS) is 16.3. The van der Waals surface area contributed by atoms with Crippen molar-refractivity contribution >= 4 is 23.6 Å². The van der Waals surface area contributed by atoms with E-state index in [0.29, 0.717) is 30.4 Å². The third-order valence-corrected chi connectivity index (χ3v) is 6.59. The number of thioether (sulfide) groups is 1. The lowest BCUT2D eigenvalue weighted by molar-refractivity contribution is -0.130. The topological polar surface area (TPSA) is 71.3 Å². The largest absolute Gasteiger partial charge is 0.338 e. The highest BCUT2D eigenvalue weighted by Crippen LogP contribution is 2.23. The summed E-state index contributed by atoms with van der Waals surface area (Å²) in [5, 5.41) is 9.17. The molecular weight excluding hydrogens is 422 g/mol. The zero-order chi connectivity index (χ0) is 22.7. The van der Waals surface area contributed by atoms with Crippen LogP contribution >= 0.6 is 11.8 Å². The Labute approximate surface area is 192 Å². The number of nitrogens with zero attached hydrogens (tertiary/aromatic N) is 5. The van der Waals surface area contributed by atoms with Crippen molar-refractivity contribution < 1.29 is 9.59 Å². The van der Waals surface area contributed by atoms with Gasteiger partial charge in [0.2, 0.25) is 5.91 Å². The first-order valence-corrected chi connectivity index (χ1v) is 11.7. The second-order valence-electron chi connectivity index (χ2n) is 8.04. The van der Waals surface area contributed by atoms with Gasteiger partial charge in [-0.1, -0.05) is 47.7 Å². The van der Waals surface area contributed by atoms with E-state index < -0.39 is 0 Å². The number of carbonyl (C=O) groups is 2. The van der Waals surface area contributed by atoms with Crippen molar-refractivity contribution in [2.75, 3.05) is 25.4 Å². The van der Waals surface area contributed by atoms with Gasteiger partial charge in [0.05, 0.1) is 5.75 Å². The van der Waals surface area contributed by atoms with Gasteiger partial charge in [0.15, 0.2) is 5.16 Å². The van der Waals surface area contributed by atoms with Crippen LogP contribution in [0.1, 0.15) is 28.7 Å². The van der Waals surface area contributed by atoms with Crippen LogP contribution < -0.4 is 0 Å². The number of hydrogen-bond donors (Lipinski definition) is 0. The molecule has 1 aliphatic heterocycles. The van der Waals surface area contributed by atoms with Crippen molar-refractivity contribution in [1.82, 2.24) is 24.6 Å². The monoisotopic (exact) mass is 449 g/mol. The predicted molar refractivity (Wildman–Crippen MR) is 125 cm³/mol. The van der Waals surface area contributed by atoms with E-state index in [0.717, 1.165) is 11.5 Å². The minimum atomic E-state index is -0.0381. The highest BCUT2D eigenvalue weighted by molar-refractivity contribution is 7.99. The van der Waals surface area contributed by atoms with E-state index in [1.807, 2.05) is 89.7 Å². The van der Waals surface area contributed by atoms with Crippen LogP contribution in [0, 0.1) is 13.8 Å². The third kappa shape index (κ3) is 4.70. The van der Waals surface area contributed by atoms with Crippen LogP contribution in [0.25, 0.3) is 5.69 Å². The average Bonchev–Trinajstić information content (AvgIpc) is 3.18. The third-order valence-electron chi connectivity index (χ3n) is 5.67. The summed E-state index contributed by atoms with van der Waals surface area (Å²) in [5.74, 6) is 1.13. The molecule has 8 heteroatoms. The molecular formula is C24H27N5O2S. The fourth-order valence-corrected chi connectivity index (χ4v) is 4.78. The Morgan fingerprint density at radius 2 is 1.72 bits per heavy atom. The first-order valence-electron chi connectivity index (χ1n) is 10.7. The fourth-order valence-electron chi connectivity index (χ4n) is 3.88. The Kier molecular flexibility index (Phi) is 6.60. The number of aromatic nitrogens is 3. The minimum Gasteiger partial charge on any atom is -0.338 e. The molecule has 2 amide bonds. The van der Waals surface area contributed by atoms with E-state index in [-0.39, 0.29) is 23.6 Å². The van der Waals surface area contributed by atoms with Crippen LogP contribution in [0.2, 0.25) is 0 Å². The molecule has 1 aliphatic rings. The minimum absolute atomic E-state index is 0.0150. The molecule has 7 nitrogen and oxygen atoms in total. The molecule has 2 heterocycles. The average molecular weight is 450 g/mol. The van der Waals surface area contributed by atoms with Crippen molar-refractivity contribution in [2.24, 2.45) is 0 Å². The summed E-state index contributed by atoms with van der Waals surface area (Å²) in [6.45, 7) is 7.54. The highest BCUT2D eigenvalue weighted by Gasteiger charge is 2.30. The van der Waals surface area contributed by atoms with E-state index in [9.17, 15) is 9.59 Å². The van der Waals surface area contributed by atoms with Crippen LogP contribution in [0.5, 0.6) is 0 Å². The molecule has 0 saturated carbocycles. The maximum atomic E-state index is 12.9. The summed E-state index contributed by atoms with van der Waals surface area (Å²) in [5.41, 5.74) is 2.85. The van der Waals surface area contributed by atoms with Crippen molar-refractivity contribution in [3.05, 3.63) is 71.5 Å². The molecule has 166 valence electrons.